The van der Waals surface area contributed by atoms with Crippen molar-refractivity contribution >= 4 is 0 Å². The Hall–Kier alpha value is 0. The molecule has 0 unspecified atom stereocenters. The van der Waals surface area contributed by atoms with Crippen LogP contribution in [-0.4, -0.2) is 0 Å². The zero-order valence-corrected chi connectivity index (χ0v) is 9.80. The van der Waals surface area contributed by atoms with Crippen molar-refractivity contribution in [2.75, 3.05) is 0 Å². The fourth-order valence-electron chi connectivity index (χ4n) is 4.07. The van der Waals surface area contributed by atoms with Crippen molar-refractivity contribution in [1.29, 1.82) is 0 Å². The molecule has 4 atom stereocenters. The van der Waals surface area contributed by atoms with Crippen molar-refractivity contribution < 1.29 is 0 Å². The van der Waals surface area contributed by atoms with Gasteiger partial charge in [0.1, 0.15) is 0 Å². The van der Waals surface area contributed by atoms with E-state index >= 15 is 0 Å². The van der Waals surface area contributed by atoms with E-state index in [1.165, 1.54) is 12.8 Å². The summed E-state index contributed by atoms with van der Waals surface area (Å²) in [7, 11) is 0. The van der Waals surface area contributed by atoms with Crippen LogP contribution in [0.2, 0.25) is 0 Å². The van der Waals surface area contributed by atoms with Gasteiger partial charge in [-0.2, -0.15) is 0 Å². The molecule has 0 aromatic carbocycles. The quantitative estimate of drug-likeness (QED) is 0.573. The Morgan fingerprint density at radius 2 is 1.77 bits per heavy atom. The lowest BCUT2D eigenvalue weighted by Crippen LogP contribution is -2.55. The van der Waals surface area contributed by atoms with Crippen LogP contribution in [0.4, 0.5) is 0 Å². The molecule has 76 valence electrons. The molecule has 3 fully saturated rings. The molecular formula is C13H24. The number of fused-ring (bicyclic) bond motifs is 2. The molecule has 2 bridgehead atoms. The highest BCUT2D eigenvalue weighted by molar-refractivity contribution is 5.05. The average molecular weight is 180 g/mol. The highest BCUT2D eigenvalue weighted by Gasteiger charge is 2.56. The fourth-order valence-corrected chi connectivity index (χ4v) is 4.07. The highest BCUT2D eigenvalue weighted by atomic mass is 14.6. The van der Waals surface area contributed by atoms with Crippen LogP contribution in [-0.2, 0) is 0 Å². The van der Waals surface area contributed by atoms with Crippen molar-refractivity contribution in [3.8, 4) is 0 Å². The monoisotopic (exact) mass is 180 g/mol. The molecule has 0 nitrogen and oxygen atoms in total. The van der Waals surface area contributed by atoms with Gasteiger partial charge in [0.2, 0.25) is 0 Å². The van der Waals surface area contributed by atoms with E-state index in [1.807, 2.05) is 0 Å². The lowest BCUT2D eigenvalue weighted by molar-refractivity contribution is -0.137. The lowest BCUT2D eigenvalue weighted by Gasteiger charge is -2.63. The Morgan fingerprint density at radius 3 is 2.15 bits per heavy atom. The normalized spacial score (nSPS) is 47.5. The van der Waals surface area contributed by atoms with Gasteiger partial charge in [-0.05, 0) is 47.8 Å². The van der Waals surface area contributed by atoms with Gasteiger partial charge in [0.15, 0.2) is 0 Å². The van der Waals surface area contributed by atoms with E-state index in [-0.39, 0.29) is 0 Å². The van der Waals surface area contributed by atoms with E-state index < -0.39 is 0 Å². The van der Waals surface area contributed by atoms with Gasteiger partial charge in [-0.25, -0.2) is 0 Å². The van der Waals surface area contributed by atoms with Crippen LogP contribution >= 0.6 is 0 Å². The van der Waals surface area contributed by atoms with Gasteiger partial charge in [0, 0.05) is 0 Å². The summed E-state index contributed by atoms with van der Waals surface area (Å²) < 4.78 is 0. The molecule has 0 heterocycles. The molecule has 0 N–H and O–H groups in total. The van der Waals surface area contributed by atoms with Crippen LogP contribution in [0.15, 0.2) is 0 Å². The number of hydrogen-bond acceptors (Lipinski definition) is 0. The van der Waals surface area contributed by atoms with Crippen LogP contribution in [0.5, 0.6) is 0 Å². The third kappa shape index (κ3) is 1.17. The summed E-state index contributed by atoms with van der Waals surface area (Å²) in [5.74, 6) is 4.95. The van der Waals surface area contributed by atoms with E-state index in [9.17, 15) is 0 Å². The predicted molar refractivity (Wildman–Crippen MR) is 57.5 cm³/mol. The molecule has 13 heavy (non-hydrogen) atoms. The molecule has 0 heteroatoms. The van der Waals surface area contributed by atoms with Gasteiger partial charge in [-0.15, -0.1) is 0 Å². The smallest absolute Gasteiger partial charge is 0.0295 e. The molecule has 0 aliphatic heterocycles. The average Bonchev–Trinajstić information content (AvgIpc) is 2.02. The molecule has 0 spiro atoms. The van der Waals surface area contributed by atoms with Crippen LogP contribution in [0.3, 0.4) is 0 Å². The number of hydrogen-bond donors (Lipinski definition) is 0. The maximum atomic E-state index is 2.49. The van der Waals surface area contributed by atoms with Gasteiger partial charge < -0.3 is 0 Å². The molecule has 0 saturated heterocycles. The summed E-state index contributed by atoms with van der Waals surface area (Å²) in [5.41, 5.74) is 0.671. The van der Waals surface area contributed by atoms with Crippen molar-refractivity contribution in [3.63, 3.8) is 0 Å². The second-order valence-corrected chi connectivity index (χ2v) is 6.36. The summed E-state index contributed by atoms with van der Waals surface area (Å²) in [4.78, 5) is 0. The third-order valence-electron chi connectivity index (χ3n) is 5.27. The van der Waals surface area contributed by atoms with E-state index in [0.717, 1.165) is 29.6 Å². The summed E-state index contributed by atoms with van der Waals surface area (Å²) in [6.45, 7) is 12.3. The summed E-state index contributed by atoms with van der Waals surface area (Å²) in [6.07, 6.45) is 3.03. The molecule has 0 amide bonds. The van der Waals surface area contributed by atoms with Gasteiger partial charge in [-0.3, -0.25) is 0 Å². The van der Waals surface area contributed by atoms with Crippen LogP contribution in [0.1, 0.15) is 47.5 Å². The van der Waals surface area contributed by atoms with Crippen molar-refractivity contribution in [2.24, 2.45) is 35.0 Å². The van der Waals surface area contributed by atoms with Gasteiger partial charge >= 0.3 is 0 Å². The second-order valence-electron chi connectivity index (χ2n) is 6.36. The first-order chi connectivity index (χ1) is 5.94. The minimum atomic E-state index is 0.671. The highest BCUT2D eigenvalue weighted by Crippen LogP contribution is 2.63. The maximum Gasteiger partial charge on any atom is -0.0295 e. The Balaban J connectivity index is 2.12. The molecular weight excluding hydrogens is 156 g/mol. The predicted octanol–water partition coefficient (Wildman–Crippen LogP) is 3.96. The number of rotatable bonds is 1. The Morgan fingerprint density at radius 1 is 1.15 bits per heavy atom. The first kappa shape index (κ1) is 9.55. The summed E-state index contributed by atoms with van der Waals surface area (Å²) in [5, 5.41) is 0. The largest absolute Gasteiger partial charge is 0.0625 e. The Kier molecular flexibility index (Phi) is 2.02. The van der Waals surface area contributed by atoms with Gasteiger partial charge in [0.05, 0.1) is 0 Å². The van der Waals surface area contributed by atoms with Crippen molar-refractivity contribution in [1.82, 2.24) is 0 Å². The molecule has 3 aliphatic rings. The molecule has 3 rings (SSSR count). The molecule has 3 aliphatic carbocycles. The first-order valence-electron chi connectivity index (χ1n) is 5.94. The zero-order chi connectivity index (χ0) is 9.80. The van der Waals surface area contributed by atoms with Crippen LogP contribution < -0.4 is 0 Å². The Bertz CT molecular complexity index is 200. The lowest BCUT2D eigenvalue weighted by atomic mass is 9.42. The molecule has 0 aromatic rings. The van der Waals surface area contributed by atoms with Crippen LogP contribution in [0, 0.1) is 35.0 Å². The van der Waals surface area contributed by atoms with E-state index in [2.05, 4.69) is 34.6 Å². The van der Waals surface area contributed by atoms with E-state index in [0.29, 0.717) is 5.41 Å². The second kappa shape index (κ2) is 2.74. The fraction of sp³-hybridized carbons (Fsp3) is 1.00. The standard InChI is InChI=1S/C13H24/c1-8(2)11-6-10-7-12(9(11)3)13(10,4)5/h8-12H,6-7H2,1-5H3/t9-,10-,11+,12-/m1/s1. The minimum Gasteiger partial charge on any atom is -0.0625 e. The minimum absolute atomic E-state index is 0.671. The van der Waals surface area contributed by atoms with Crippen LogP contribution in [0.25, 0.3) is 0 Å². The van der Waals surface area contributed by atoms with E-state index in [1.54, 1.807) is 0 Å². The first-order valence-corrected chi connectivity index (χ1v) is 5.94. The SMILES string of the molecule is CC(C)[C@@H]1C[C@@H]2C[C@H]([C@@H]1C)C2(C)C. The van der Waals surface area contributed by atoms with Crippen molar-refractivity contribution in [2.45, 2.75) is 47.5 Å². The third-order valence-corrected chi connectivity index (χ3v) is 5.27. The Labute approximate surface area is 83.1 Å². The van der Waals surface area contributed by atoms with E-state index in [4.69, 9.17) is 0 Å². The molecule has 0 aromatic heterocycles. The molecule has 3 saturated carbocycles. The summed E-state index contributed by atoms with van der Waals surface area (Å²) >= 11 is 0. The zero-order valence-electron chi connectivity index (χ0n) is 9.80. The topological polar surface area (TPSA) is 0 Å². The summed E-state index contributed by atoms with van der Waals surface area (Å²) in [6, 6.07) is 0. The van der Waals surface area contributed by atoms with Gasteiger partial charge in [0.25, 0.3) is 0 Å². The molecule has 0 radical (unpaired) electrons. The van der Waals surface area contributed by atoms with Gasteiger partial charge in [-0.1, -0.05) is 34.6 Å². The van der Waals surface area contributed by atoms with Crippen molar-refractivity contribution in [3.05, 3.63) is 0 Å². The maximum absolute atomic E-state index is 2.49.